The highest BCUT2D eigenvalue weighted by molar-refractivity contribution is 5.90. The molecular weight excluding hydrogens is 336 g/mol. The molecule has 0 aliphatic carbocycles. The Hall–Kier alpha value is -2.90. The second kappa shape index (κ2) is 10.1. The van der Waals surface area contributed by atoms with E-state index in [-0.39, 0.29) is 18.0 Å². The average molecular weight is 355 g/mol. The minimum atomic E-state index is -2.97. The highest BCUT2D eigenvalue weighted by Crippen LogP contribution is 2.29. The van der Waals surface area contributed by atoms with E-state index in [1.165, 1.54) is 44.4 Å². The summed E-state index contributed by atoms with van der Waals surface area (Å²) in [5, 5.41) is 2.50. The van der Waals surface area contributed by atoms with E-state index in [2.05, 4.69) is 16.6 Å². The zero-order valence-electron chi connectivity index (χ0n) is 13.8. The molecule has 0 radical (unpaired) electrons. The summed E-state index contributed by atoms with van der Waals surface area (Å²) >= 11 is 0. The highest BCUT2D eigenvalue weighted by atomic mass is 19.3. The van der Waals surface area contributed by atoms with Crippen LogP contribution in [0, 0.1) is 0 Å². The third-order valence-corrected chi connectivity index (χ3v) is 2.90. The zero-order chi connectivity index (χ0) is 18.8. The van der Waals surface area contributed by atoms with Crippen molar-refractivity contribution in [2.45, 2.75) is 19.6 Å². The van der Waals surface area contributed by atoms with Crippen LogP contribution < -0.4 is 14.8 Å². The van der Waals surface area contributed by atoms with Gasteiger partial charge >= 0.3 is 12.6 Å². The van der Waals surface area contributed by atoms with Crippen LogP contribution in [0.4, 0.5) is 8.78 Å². The van der Waals surface area contributed by atoms with E-state index >= 15 is 0 Å². The van der Waals surface area contributed by atoms with Gasteiger partial charge < -0.3 is 19.5 Å². The number of ether oxygens (including phenoxy) is 3. The quantitative estimate of drug-likeness (QED) is 0.419. The van der Waals surface area contributed by atoms with Gasteiger partial charge in [-0.05, 0) is 30.7 Å². The van der Waals surface area contributed by atoms with Gasteiger partial charge in [-0.1, -0.05) is 12.1 Å². The summed E-state index contributed by atoms with van der Waals surface area (Å²) in [6.07, 6.45) is 3.04. The molecule has 136 valence electrons. The summed E-state index contributed by atoms with van der Waals surface area (Å²) in [5.74, 6) is -1.21. The number of nitrogens with one attached hydrogen (secondary N) is 1. The third-order valence-electron chi connectivity index (χ3n) is 2.90. The van der Waals surface area contributed by atoms with Crippen molar-refractivity contribution in [2.24, 2.45) is 0 Å². The van der Waals surface area contributed by atoms with Crippen LogP contribution in [0.3, 0.4) is 0 Å². The molecule has 1 rings (SSSR count). The number of esters is 1. The minimum absolute atomic E-state index is 0.0907. The molecule has 0 heterocycles. The zero-order valence-corrected chi connectivity index (χ0v) is 13.8. The van der Waals surface area contributed by atoms with Crippen LogP contribution in [0.15, 0.2) is 36.9 Å². The van der Waals surface area contributed by atoms with Crippen molar-refractivity contribution < 1.29 is 32.6 Å². The first-order chi connectivity index (χ1) is 11.9. The van der Waals surface area contributed by atoms with E-state index in [1.807, 2.05) is 0 Å². The van der Waals surface area contributed by atoms with Gasteiger partial charge in [-0.2, -0.15) is 8.78 Å². The van der Waals surface area contributed by atoms with Crippen LogP contribution in [0.2, 0.25) is 0 Å². The van der Waals surface area contributed by atoms with E-state index in [0.717, 1.165) is 6.08 Å². The van der Waals surface area contributed by atoms with Gasteiger partial charge in [0.1, 0.15) is 0 Å². The van der Waals surface area contributed by atoms with Crippen molar-refractivity contribution in [3.8, 4) is 11.5 Å². The van der Waals surface area contributed by atoms with E-state index in [1.54, 1.807) is 0 Å². The Labute approximate surface area is 144 Å². The Balaban J connectivity index is 2.69. The number of carbonyl (C=O) groups excluding carboxylic acids is 2. The maximum atomic E-state index is 12.3. The predicted molar refractivity (Wildman–Crippen MR) is 87.4 cm³/mol. The second-order valence-corrected chi connectivity index (χ2v) is 4.74. The van der Waals surface area contributed by atoms with Crippen LogP contribution in [-0.4, -0.2) is 38.2 Å². The molecule has 1 amide bonds. The smallest absolute Gasteiger partial charge is 0.387 e. The summed E-state index contributed by atoms with van der Waals surface area (Å²) in [5.41, 5.74) is 0.499. The standard InChI is InChI=1S/C17H19F2NO5/c1-4-9-20-16(22)11(2)24-15(21)8-6-12-5-7-13(25-17(18)19)14(10-12)23-3/h4-8,10-11,17H,1,9H2,2-3H3,(H,20,22)/b8-6+/t11-/m1/s1. The Morgan fingerprint density at radius 1 is 1.32 bits per heavy atom. The van der Waals surface area contributed by atoms with Crippen LogP contribution in [-0.2, 0) is 14.3 Å². The number of amides is 1. The van der Waals surface area contributed by atoms with E-state index < -0.39 is 24.6 Å². The number of methoxy groups -OCH3 is 1. The van der Waals surface area contributed by atoms with Crippen molar-refractivity contribution in [1.29, 1.82) is 0 Å². The lowest BCUT2D eigenvalue weighted by atomic mass is 10.2. The molecule has 1 aromatic carbocycles. The number of carbonyl (C=O) groups is 2. The summed E-state index contributed by atoms with van der Waals surface area (Å²) < 4.78 is 38.7. The fourth-order valence-corrected chi connectivity index (χ4v) is 1.73. The highest BCUT2D eigenvalue weighted by Gasteiger charge is 2.15. The number of halogens is 2. The Morgan fingerprint density at radius 3 is 2.64 bits per heavy atom. The van der Waals surface area contributed by atoms with Crippen LogP contribution in [0.25, 0.3) is 6.08 Å². The molecule has 1 atom stereocenters. The lowest BCUT2D eigenvalue weighted by molar-refractivity contribution is -0.150. The van der Waals surface area contributed by atoms with Gasteiger partial charge in [0.05, 0.1) is 7.11 Å². The molecule has 1 N–H and O–H groups in total. The molecule has 0 unspecified atom stereocenters. The lowest BCUT2D eigenvalue weighted by Gasteiger charge is -2.11. The van der Waals surface area contributed by atoms with Gasteiger partial charge in [-0.3, -0.25) is 4.79 Å². The summed E-state index contributed by atoms with van der Waals surface area (Å²) in [4.78, 5) is 23.3. The van der Waals surface area contributed by atoms with Crippen LogP contribution in [0.1, 0.15) is 12.5 Å². The molecule has 8 heteroatoms. The molecule has 6 nitrogen and oxygen atoms in total. The maximum Gasteiger partial charge on any atom is 0.387 e. The SMILES string of the molecule is C=CCNC(=O)[C@@H](C)OC(=O)/C=C/c1ccc(OC(F)F)c(OC)c1. The Bertz CT molecular complexity index is 646. The monoisotopic (exact) mass is 355 g/mol. The fraction of sp³-hybridized carbons (Fsp3) is 0.294. The van der Waals surface area contributed by atoms with Gasteiger partial charge in [0.25, 0.3) is 5.91 Å². The molecule has 25 heavy (non-hydrogen) atoms. The Kier molecular flexibility index (Phi) is 8.11. The van der Waals surface area contributed by atoms with Gasteiger partial charge in [0.15, 0.2) is 17.6 Å². The minimum Gasteiger partial charge on any atom is -0.493 e. The molecule has 0 saturated carbocycles. The summed E-state index contributed by atoms with van der Waals surface area (Å²) in [6, 6.07) is 4.17. The van der Waals surface area contributed by atoms with E-state index in [9.17, 15) is 18.4 Å². The third kappa shape index (κ3) is 7.03. The molecular formula is C17H19F2NO5. The maximum absolute atomic E-state index is 12.3. The van der Waals surface area contributed by atoms with Gasteiger partial charge in [0.2, 0.25) is 0 Å². The lowest BCUT2D eigenvalue weighted by Crippen LogP contribution is -2.35. The summed E-state index contributed by atoms with van der Waals surface area (Å²) in [7, 11) is 1.30. The van der Waals surface area contributed by atoms with Crippen molar-refractivity contribution in [2.75, 3.05) is 13.7 Å². The molecule has 0 spiro atoms. The van der Waals surface area contributed by atoms with Crippen LogP contribution >= 0.6 is 0 Å². The van der Waals surface area contributed by atoms with Gasteiger partial charge in [0, 0.05) is 12.6 Å². The number of alkyl halides is 2. The number of hydrogen-bond acceptors (Lipinski definition) is 5. The van der Waals surface area contributed by atoms with Crippen LogP contribution in [0.5, 0.6) is 11.5 Å². The molecule has 0 aliphatic rings. The molecule has 1 aromatic rings. The van der Waals surface area contributed by atoms with Crippen molar-refractivity contribution in [3.05, 3.63) is 42.5 Å². The van der Waals surface area contributed by atoms with Gasteiger partial charge in [-0.15, -0.1) is 6.58 Å². The number of hydrogen-bond donors (Lipinski definition) is 1. The van der Waals surface area contributed by atoms with Crippen molar-refractivity contribution in [1.82, 2.24) is 5.32 Å². The molecule has 0 saturated heterocycles. The molecule has 0 bridgehead atoms. The van der Waals surface area contributed by atoms with E-state index in [0.29, 0.717) is 5.56 Å². The van der Waals surface area contributed by atoms with Gasteiger partial charge in [-0.25, -0.2) is 4.79 Å². The first-order valence-corrected chi connectivity index (χ1v) is 7.27. The first kappa shape index (κ1) is 20.1. The molecule has 0 aromatic heterocycles. The predicted octanol–water partition coefficient (Wildman–Crippen LogP) is 2.54. The Morgan fingerprint density at radius 2 is 2.04 bits per heavy atom. The largest absolute Gasteiger partial charge is 0.493 e. The number of benzene rings is 1. The normalized spacial score (nSPS) is 11.9. The average Bonchev–Trinajstić information content (AvgIpc) is 2.58. The fourth-order valence-electron chi connectivity index (χ4n) is 1.73. The van der Waals surface area contributed by atoms with Crippen molar-refractivity contribution in [3.63, 3.8) is 0 Å². The summed E-state index contributed by atoms with van der Waals surface area (Å²) in [6.45, 7) is 2.19. The topological polar surface area (TPSA) is 73.9 Å². The molecule has 0 aliphatic heterocycles. The van der Waals surface area contributed by atoms with Crippen molar-refractivity contribution >= 4 is 18.0 Å². The second-order valence-electron chi connectivity index (χ2n) is 4.74. The van der Waals surface area contributed by atoms with E-state index in [4.69, 9.17) is 9.47 Å². The molecule has 0 fully saturated rings. The first-order valence-electron chi connectivity index (χ1n) is 7.27. The number of rotatable bonds is 9.